The second-order valence-corrected chi connectivity index (χ2v) is 5.97. The minimum absolute atomic E-state index is 0.214. The van der Waals surface area contributed by atoms with Crippen molar-refractivity contribution in [1.29, 1.82) is 0 Å². The highest BCUT2D eigenvalue weighted by atomic mass is 16.1. The SMILES string of the molecule is CCC(CC)C(CNC(=O)CC1CCNC1)N(C)C. The Kier molecular flexibility index (Phi) is 7.39. The lowest BCUT2D eigenvalue weighted by atomic mass is 9.93. The highest BCUT2D eigenvalue weighted by molar-refractivity contribution is 5.76. The molecule has 1 heterocycles. The number of hydrogen-bond donors (Lipinski definition) is 2. The molecule has 0 spiro atoms. The summed E-state index contributed by atoms with van der Waals surface area (Å²) in [5.41, 5.74) is 0. The van der Waals surface area contributed by atoms with Gasteiger partial charge in [0.05, 0.1) is 0 Å². The molecule has 4 nitrogen and oxygen atoms in total. The topological polar surface area (TPSA) is 44.4 Å². The summed E-state index contributed by atoms with van der Waals surface area (Å²) in [7, 11) is 4.21. The summed E-state index contributed by atoms with van der Waals surface area (Å²) in [5, 5.41) is 6.44. The van der Waals surface area contributed by atoms with Gasteiger partial charge in [-0.3, -0.25) is 4.79 Å². The zero-order valence-electron chi connectivity index (χ0n) is 13.0. The van der Waals surface area contributed by atoms with Crippen molar-refractivity contribution in [2.75, 3.05) is 33.7 Å². The molecule has 0 aliphatic carbocycles. The van der Waals surface area contributed by atoms with Gasteiger partial charge >= 0.3 is 0 Å². The van der Waals surface area contributed by atoms with Gasteiger partial charge in [-0.25, -0.2) is 0 Å². The number of likely N-dealkylation sites (N-methyl/N-ethyl adjacent to an activating group) is 1. The lowest BCUT2D eigenvalue weighted by Gasteiger charge is -2.31. The van der Waals surface area contributed by atoms with Gasteiger partial charge in [0, 0.05) is 19.0 Å². The minimum atomic E-state index is 0.214. The van der Waals surface area contributed by atoms with Crippen molar-refractivity contribution in [2.45, 2.75) is 45.6 Å². The van der Waals surface area contributed by atoms with Gasteiger partial charge in [0.25, 0.3) is 0 Å². The molecule has 1 fully saturated rings. The summed E-state index contributed by atoms with van der Waals surface area (Å²) in [5.74, 6) is 1.40. The molecule has 1 amide bonds. The Morgan fingerprint density at radius 1 is 1.37 bits per heavy atom. The Morgan fingerprint density at radius 2 is 2.05 bits per heavy atom. The van der Waals surface area contributed by atoms with Crippen LogP contribution >= 0.6 is 0 Å². The second-order valence-electron chi connectivity index (χ2n) is 5.97. The molecule has 1 saturated heterocycles. The molecular formula is C15H31N3O. The number of amides is 1. The van der Waals surface area contributed by atoms with Crippen molar-refractivity contribution >= 4 is 5.91 Å². The van der Waals surface area contributed by atoms with Crippen LogP contribution < -0.4 is 10.6 Å². The largest absolute Gasteiger partial charge is 0.355 e. The van der Waals surface area contributed by atoms with Crippen LogP contribution in [0.3, 0.4) is 0 Å². The molecule has 19 heavy (non-hydrogen) atoms. The normalized spacial score (nSPS) is 21.1. The Balaban J connectivity index is 2.35. The zero-order valence-corrected chi connectivity index (χ0v) is 13.0. The summed E-state index contributed by atoms with van der Waals surface area (Å²) in [4.78, 5) is 14.2. The van der Waals surface area contributed by atoms with Crippen molar-refractivity contribution < 1.29 is 4.79 Å². The van der Waals surface area contributed by atoms with Gasteiger partial charge in [-0.2, -0.15) is 0 Å². The van der Waals surface area contributed by atoms with Crippen LogP contribution in [0.5, 0.6) is 0 Å². The maximum Gasteiger partial charge on any atom is 0.220 e. The summed E-state index contributed by atoms with van der Waals surface area (Å²) in [6.45, 7) is 7.30. The average molecular weight is 269 g/mol. The first-order valence-corrected chi connectivity index (χ1v) is 7.72. The molecular weight excluding hydrogens is 238 g/mol. The Hall–Kier alpha value is -0.610. The van der Waals surface area contributed by atoms with Crippen LogP contribution in [0.15, 0.2) is 0 Å². The molecule has 2 unspecified atom stereocenters. The first kappa shape index (κ1) is 16.4. The van der Waals surface area contributed by atoms with Gasteiger partial charge in [0.2, 0.25) is 5.91 Å². The van der Waals surface area contributed by atoms with Crippen LogP contribution in [-0.2, 0) is 4.79 Å². The molecule has 1 aliphatic rings. The molecule has 0 aromatic carbocycles. The van der Waals surface area contributed by atoms with E-state index >= 15 is 0 Å². The molecule has 0 radical (unpaired) electrons. The summed E-state index contributed by atoms with van der Waals surface area (Å²) >= 11 is 0. The van der Waals surface area contributed by atoms with Crippen molar-refractivity contribution in [2.24, 2.45) is 11.8 Å². The Bertz CT molecular complexity index is 258. The third-order valence-electron chi connectivity index (χ3n) is 4.40. The zero-order chi connectivity index (χ0) is 14.3. The molecule has 0 aromatic heterocycles. The van der Waals surface area contributed by atoms with E-state index in [9.17, 15) is 4.79 Å². The van der Waals surface area contributed by atoms with Crippen LogP contribution in [0.4, 0.5) is 0 Å². The van der Waals surface area contributed by atoms with E-state index in [1.54, 1.807) is 0 Å². The third-order valence-corrected chi connectivity index (χ3v) is 4.40. The molecule has 4 heteroatoms. The monoisotopic (exact) mass is 269 g/mol. The van der Waals surface area contributed by atoms with Crippen molar-refractivity contribution in [1.82, 2.24) is 15.5 Å². The number of nitrogens with one attached hydrogen (secondary N) is 2. The molecule has 0 aromatic rings. The first-order valence-electron chi connectivity index (χ1n) is 7.72. The van der Waals surface area contributed by atoms with Gasteiger partial charge < -0.3 is 15.5 Å². The number of hydrogen-bond acceptors (Lipinski definition) is 3. The number of nitrogens with zero attached hydrogens (tertiary/aromatic N) is 1. The maximum absolute atomic E-state index is 12.0. The standard InChI is InChI=1S/C15H31N3O/c1-5-13(6-2)14(18(3)4)11-17-15(19)9-12-7-8-16-10-12/h12-14,16H,5-11H2,1-4H3,(H,17,19). The summed E-state index contributed by atoms with van der Waals surface area (Å²) in [6, 6.07) is 0.445. The highest BCUT2D eigenvalue weighted by Crippen LogP contribution is 2.17. The van der Waals surface area contributed by atoms with Crippen LogP contribution in [0.2, 0.25) is 0 Å². The fraction of sp³-hybridized carbons (Fsp3) is 0.933. The predicted molar refractivity (Wildman–Crippen MR) is 80.2 cm³/mol. The average Bonchev–Trinajstić information content (AvgIpc) is 2.86. The molecule has 112 valence electrons. The smallest absolute Gasteiger partial charge is 0.220 e. The third kappa shape index (κ3) is 5.49. The van der Waals surface area contributed by atoms with E-state index in [4.69, 9.17) is 0 Å². The first-order chi connectivity index (χ1) is 9.08. The van der Waals surface area contributed by atoms with E-state index in [0.717, 1.165) is 26.1 Å². The molecule has 0 bridgehead atoms. The van der Waals surface area contributed by atoms with E-state index in [2.05, 4.69) is 43.5 Å². The maximum atomic E-state index is 12.0. The van der Waals surface area contributed by atoms with Gasteiger partial charge in [-0.15, -0.1) is 0 Å². The Labute approximate surface area is 118 Å². The molecule has 1 rings (SSSR count). The number of rotatable bonds is 8. The van der Waals surface area contributed by atoms with E-state index in [-0.39, 0.29) is 5.91 Å². The van der Waals surface area contributed by atoms with Crippen LogP contribution in [0.25, 0.3) is 0 Å². The van der Waals surface area contributed by atoms with Crippen LogP contribution in [0.1, 0.15) is 39.5 Å². The van der Waals surface area contributed by atoms with Gasteiger partial charge in [0.15, 0.2) is 0 Å². The molecule has 2 N–H and O–H groups in total. The highest BCUT2D eigenvalue weighted by Gasteiger charge is 2.22. The summed E-state index contributed by atoms with van der Waals surface area (Å²) in [6.07, 6.45) is 4.15. The van der Waals surface area contributed by atoms with Gasteiger partial charge in [0.1, 0.15) is 0 Å². The molecule has 2 atom stereocenters. The van der Waals surface area contributed by atoms with Crippen molar-refractivity contribution in [3.63, 3.8) is 0 Å². The van der Waals surface area contributed by atoms with E-state index in [1.807, 2.05) is 0 Å². The fourth-order valence-corrected chi connectivity index (χ4v) is 3.05. The second kappa shape index (κ2) is 8.54. The van der Waals surface area contributed by atoms with Crippen LogP contribution in [0, 0.1) is 11.8 Å². The van der Waals surface area contributed by atoms with E-state index in [1.165, 1.54) is 12.8 Å². The number of carbonyl (C=O) groups is 1. The predicted octanol–water partition coefficient (Wildman–Crippen LogP) is 1.47. The number of carbonyl (C=O) groups excluding carboxylic acids is 1. The lowest BCUT2D eigenvalue weighted by Crippen LogP contribution is -2.45. The molecule has 0 saturated carbocycles. The van der Waals surface area contributed by atoms with Crippen molar-refractivity contribution in [3.8, 4) is 0 Å². The summed E-state index contributed by atoms with van der Waals surface area (Å²) < 4.78 is 0. The van der Waals surface area contributed by atoms with E-state index < -0.39 is 0 Å². The lowest BCUT2D eigenvalue weighted by molar-refractivity contribution is -0.122. The van der Waals surface area contributed by atoms with Gasteiger partial charge in [-0.05, 0) is 45.4 Å². The quantitative estimate of drug-likeness (QED) is 0.701. The van der Waals surface area contributed by atoms with Crippen LogP contribution in [-0.4, -0.2) is 50.6 Å². The minimum Gasteiger partial charge on any atom is -0.355 e. The van der Waals surface area contributed by atoms with E-state index in [0.29, 0.717) is 24.3 Å². The van der Waals surface area contributed by atoms with Gasteiger partial charge in [-0.1, -0.05) is 26.7 Å². The molecule has 1 aliphatic heterocycles. The fourth-order valence-electron chi connectivity index (χ4n) is 3.05. The Morgan fingerprint density at radius 3 is 2.53 bits per heavy atom. The van der Waals surface area contributed by atoms with Crippen molar-refractivity contribution in [3.05, 3.63) is 0 Å².